The third-order valence-electron chi connectivity index (χ3n) is 8.96. The van der Waals surface area contributed by atoms with Crippen molar-refractivity contribution in [3.8, 4) is 11.5 Å². The Morgan fingerprint density at radius 2 is 1.00 bits per heavy atom. The molecule has 0 saturated heterocycles. The molecule has 0 aromatic heterocycles. The molecule has 0 atom stereocenters. The second kappa shape index (κ2) is 19.8. The van der Waals surface area contributed by atoms with Gasteiger partial charge in [0.05, 0.1) is 13.1 Å². The number of amides is 2. The van der Waals surface area contributed by atoms with Gasteiger partial charge < -0.3 is 19.3 Å². The molecule has 7 rings (SSSR count). The van der Waals surface area contributed by atoms with Crippen LogP contribution in [0.1, 0.15) is 28.7 Å². The molecule has 3 heterocycles. The van der Waals surface area contributed by atoms with Gasteiger partial charge in [0.2, 0.25) is 0 Å². The van der Waals surface area contributed by atoms with E-state index in [0.29, 0.717) is 6.42 Å². The zero-order valence-corrected chi connectivity index (χ0v) is 34.7. The number of sulfonamides is 1. The van der Waals surface area contributed by atoms with E-state index in [1.165, 1.54) is 12.1 Å². The Morgan fingerprint density at radius 3 is 1.38 bits per heavy atom. The quantitative estimate of drug-likeness (QED) is 0.0427. The highest BCUT2D eigenvalue weighted by atomic mass is 32.2. The Labute approximate surface area is 352 Å². The normalized spacial score (nSPS) is 15.2. The lowest BCUT2D eigenvalue weighted by Gasteiger charge is -2.26. The molecule has 12 nitrogen and oxygen atoms in total. The van der Waals surface area contributed by atoms with Gasteiger partial charge in [-0.15, -0.1) is 22.4 Å². The maximum Gasteiger partial charge on any atom is 0.550 e. The molecule has 4 aromatic rings. The van der Waals surface area contributed by atoms with E-state index >= 15 is 0 Å². The van der Waals surface area contributed by atoms with Crippen LogP contribution in [-0.4, -0.2) is 95.2 Å². The molecule has 3 aliphatic rings. The second-order valence-electron chi connectivity index (χ2n) is 13.5. The van der Waals surface area contributed by atoms with Crippen molar-refractivity contribution in [1.82, 2.24) is 8.61 Å². The molecule has 2 amide bonds. The average Bonchev–Trinajstić information content (AvgIpc) is 3.21. The molecule has 20 heteroatoms. The first-order valence-corrected chi connectivity index (χ1v) is 20.4. The monoisotopic (exact) mass is 894 g/mol. The van der Waals surface area contributed by atoms with Crippen LogP contribution in [0.4, 0.5) is 37.7 Å². The molecule has 4 bridgehead atoms. The molecule has 0 radical (unpaired) electrons. The number of allylic oxidation sites excluding steroid dienone is 2. The number of hydrogen-bond donors (Lipinski definition) is 0. The first-order chi connectivity index (χ1) is 28.7. The fourth-order valence-corrected chi connectivity index (χ4v) is 7.20. The first kappa shape index (κ1) is 46.4. The molecular formula is C41H40F6N4O8S2. The van der Waals surface area contributed by atoms with Crippen molar-refractivity contribution in [2.75, 3.05) is 64.3 Å². The van der Waals surface area contributed by atoms with Gasteiger partial charge in [0, 0.05) is 39.6 Å². The van der Waals surface area contributed by atoms with Gasteiger partial charge in [0.15, 0.2) is 12.2 Å². The molecule has 0 fully saturated rings. The molecule has 0 unspecified atom stereocenters. The largest absolute Gasteiger partial charge is 0.550 e. The Bertz CT molecular complexity index is 2300. The van der Waals surface area contributed by atoms with Crippen molar-refractivity contribution in [2.45, 2.75) is 18.3 Å². The lowest BCUT2D eigenvalue weighted by Crippen LogP contribution is -2.51. The van der Waals surface area contributed by atoms with Gasteiger partial charge in [-0.3, -0.25) is 9.59 Å². The topological polar surface area (TPSA) is 118 Å². The average molecular weight is 895 g/mol. The number of alkyl halides is 6. The summed E-state index contributed by atoms with van der Waals surface area (Å²) in [5.74, 6) is -4.00. The van der Waals surface area contributed by atoms with E-state index in [2.05, 4.69) is 15.3 Å². The first-order valence-electron chi connectivity index (χ1n) is 18.2. The smallest absolute Gasteiger partial charge is 0.492 e. The third-order valence-corrected chi connectivity index (χ3v) is 11.1. The fourth-order valence-electron chi connectivity index (χ4n) is 5.86. The Morgan fingerprint density at radius 1 is 0.607 bits per heavy atom. The number of halogens is 6. The summed E-state index contributed by atoms with van der Waals surface area (Å²) >= 11 is -0.515. The van der Waals surface area contributed by atoms with Gasteiger partial charge in [-0.1, -0.05) is 60.7 Å². The number of nitrogens with zero attached hydrogens (tertiary/aromatic N) is 4. The number of benzene rings is 4. The summed E-state index contributed by atoms with van der Waals surface area (Å²) in [6, 6.07) is 28.8. The van der Waals surface area contributed by atoms with Crippen LogP contribution in [0.5, 0.6) is 11.5 Å². The number of hydrogen-bond acceptors (Lipinski definition) is 11. The zero-order chi connectivity index (χ0) is 44.5. The second-order valence-corrected chi connectivity index (χ2v) is 16.1. The summed E-state index contributed by atoms with van der Waals surface area (Å²) in [7, 11) is 1.16. The standard InChI is InChI=1S/C41H40F6N4O8S2/c1-48(2)32-16-8-28(9-17-32)36-6-5-7-37(29-10-18-33(19-11-29)49(3)4)31-14-22-35(23-15-31)57-27-25-51(61(54,55)41(45,46)47)39(53)38(52)50(60-59-58-40(42,43)44)24-26-56-34-20-12-30(36)13-21-34/h6-23H,5,24-27H2,1-4H3. The Hall–Kier alpha value is -5.70. The van der Waals surface area contributed by atoms with E-state index in [-0.39, 0.29) is 15.8 Å². The van der Waals surface area contributed by atoms with Gasteiger partial charge in [-0.2, -0.15) is 21.6 Å². The highest BCUT2D eigenvalue weighted by Crippen LogP contribution is 2.32. The lowest BCUT2D eigenvalue weighted by molar-refractivity contribution is -0.440. The van der Waals surface area contributed by atoms with Gasteiger partial charge in [-0.05, 0) is 88.4 Å². The number of carbonyl (C=O) groups excluding carboxylic acids is 2. The van der Waals surface area contributed by atoms with Crippen LogP contribution in [0.25, 0.3) is 11.1 Å². The molecule has 4 aromatic carbocycles. The summed E-state index contributed by atoms with van der Waals surface area (Å²) in [5.41, 5.74) is 0.856. The number of fused-ring (bicyclic) bond motifs is 2. The van der Waals surface area contributed by atoms with E-state index in [9.17, 15) is 44.3 Å². The molecule has 3 aliphatic heterocycles. The van der Waals surface area contributed by atoms with E-state index in [1.807, 2.05) is 92.6 Å². The number of anilines is 2. The summed E-state index contributed by atoms with van der Waals surface area (Å²) in [6.07, 6.45) is -0.840. The van der Waals surface area contributed by atoms with E-state index < -0.39 is 76.5 Å². The number of ether oxygens (including phenoxy) is 2. The van der Waals surface area contributed by atoms with Crippen LogP contribution in [0, 0.1) is 0 Å². The van der Waals surface area contributed by atoms with Crippen molar-refractivity contribution < 1.29 is 63.0 Å². The highest BCUT2D eigenvalue weighted by molar-refractivity contribution is 7.93. The third kappa shape index (κ3) is 12.2. The minimum Gasteiger partial charge on any atom is -0.492 e. The predicted octanol–water partition coefficient (Wildman–Crippen LogP) is 8.08. The minimum absolute atomic E-state index is 0.0752. The zero-order valence-electron chi connectivity index (χ0n) is 33.1. The van der Waals surface area contributed by atoms with Crippen LogP contribution in [0.3, 0.4) is 0 Å². The van der Waals surface area contributed by atoms with Crippen molar-refractivity contribution in [3.63, 3.8) is 0 Å². The maximum absolute atomic E-state index is 13.8. The minimum atomic E-state index is -6.52. The Balaban J connectivity index is 1.58. The Kier molecular flexibility index (Phi) is 15.0. The van der Waals surface area contributed by atoms with Crippen molar-refractivity contribution in [3.05, 3.63) is 131 Å². The van der Waals surface area contributed by atoms with Gasteiger partial charge in [-0.25, -0.2) is 8.61 Å². The van der Waals surface area contributed by atoms with Crippen molar-refractivity contribution >= 4 is 56.6 Å². The summed E-state index contributed by atoms with van der Waals surface area (Å²) in [4.78, 5) is 33.6. The fraction of sp³-hybridized carbons (Fsp3) is 0.268. The van der Waals surface area contributed by atoms with E-state index in [1.54, 1.807) is 36.4 Å². The molecular weight excluding hydrogens is 855 g/mol. The molecule has 0 N–H and O–H groups in total. The molecule has 0 spiro atoms. The molecule has 61 heavy (non-hydrogen) atoms. The predicted molar refractivity (Wildman–Crippen MR) is 218 cm³/mol. The van der Waals surface area contributed by atoms with Crippen LogP contribution in [0.2, 0.25) is 0 Å². The van der Waals surface area contributed by atoms with Crippen molar-refractivity contribution in [2.24, 2.45) is 0 Å². The van der Waals surface area contributed by atoms with Crippen LogP contribution in [-0.2, 0) is 28.8 Å². The van der Waals surface area contributed by atoms with Gasteiger partial charge in [0.1, 0.15) is 24.7 Å². The summed E-state index contributed by atoms with van der Waals surface area (Å²) in [6.45, 7) is -3.52. The van der Waals surface area contributed by atoms with Crippen LogP contribution in [0.15, 0.2) is 109 Å². The van der Waals surface area contributed by atoms with Crippen LogP contribution >= 0.6 is 12.2 Å². The van der Waals surface area contributed by atoms with Gasteiger partial charge >= 0.3 is 33.7 Å². The molecule has 0 saturated carbocycles. The summed E-state index contributed by atoms with van der Waals surface area (Å²) in [5, 5.41) is 0. The van der Waals surface area contributed by atoms with Crippen molar-refractivity contribution in [1.29, 1.82) is 0 Å². The van der Waals surface area contributed by atoms with Gasteiger partial charge in [0.25, 0.3) is 0 Å². The highest BCUT2D eigenvalue weighted by Gasteiger charge is 2.53. The van der Waals surface area contributed by atoms with E-state index in [0.717, 1.165) is 44.8 Å². The van der Waals surface area contributed by atoms with Crippen LogP contribution < -0.4 is 19.3 Å². The summed E-state index contributed by atoms with van der Waals surface area (Å²) < 4.78 is 119. The van der Waals surface area contributed by atoms with E-state index in [4.69, 9.17) is 9.47 Å². The lowest BCUT2D eigenvalue weighted by atomic mass is 9.94. The number of rotatable bonds is 8. The SMILES string of the molecule is CN(C)c1ccc(C2=CCC=C(c3ccc(N(C)C)cc3)c3ccc(cc3)OCCN(S(=O)(=O)C(F)(F)F)C(=O)C(=O)N(SOOC(F)(F)F)CCOc3ccc2cc3)cc1. The number of carbonyl (C=O) groups is 2. The molecule has 0 aliphatic carbocycles. The molecule has 326 valence electrons. The maximum atomic E-state index is 13.8.